The molecule has 0 fully saturated rings. The third-order valence-electron chi connectivity index (χ3n) is 2.65. The van der Waals surface area contributed by atoms with Gasteiger partial charge in [0.15, 0.2) is 0 Å². The van der Waals surface area contributed by atoms with Gasteiger partial charge in [-0.3, -0.25) is 0 Å². The third kappa shape index (κ3) is 4.54. The van der Waals surface area contributed by atoms with Gasteiger partial charge in [0.05, 0.1) is 0 Å². The first-order valence-corrected chi connectivity index (χ1v) is 5.89. The highest BCUT2D eigenvalue weighted by Gasteiger charge is 2.02. The van der Waals surface area contributed by atoms with Gasteiger partial charge in [-0.05, 0) is 30.8 Å². The SMILES string of the molecule is CNCc1ccccc1OCc1ccc(F)cc1.[Cl-]. The minimum Gasteiger partial charge on any atom is -1.00 e. The number of ether oxygens (including phenoxy) is 1. The molecule has 0 amide bonds. The number of rotatable bonds is 5. The van der Waals surface area contributed by atoms with Gasteiger partial charge in [0.1, 0.15) is 18.2 Å². The zero-order chi connectivity index (χ0) is 12.8. The second-order valence-corrected chi connectivity index (χ2v) is 4.05. The molecule has 1 N–H and O–H groups in total. The summed E-state index contributed by atoms with van der Waals surface area (Å²) < 4.78 is 18.5. The Balaban J connectivity index is 0.00000180. The van der Waals surface area contributed by atoms with E-state index in [0.717, 1.165) is 23.4 Å². The molecule has 2 aromatic rings. The Bertz CT molecular complexity index is 502. The van der Waals surface area contributed by atoms with Crippen LogP contribution in [-0.2, 0) is 13.2 Å². The van der Waals surface area contributed by atoms with Gasteiger partial charge < -0.3 is 22.5 Å². The van der Waals surface area contributed by atoms with Crippen LogP contribution in [0.4, 0.5) is 4.39 Å². The summed E-state index contributed by atoms with van der Waals surface area (Å²) in [5, 5.41) is 3.10. The van der Waals surface area contributed by atoms with Gasteiger partial charge in [0.25, 0.3) is 0 Å². The minimum atomic E-state index is -0.227. The molecule has 0 unspecified atom stereocenters. The van der Waals surface area contributed by atoms with Gasteiger partial charge >= 0.3 is 0 Å². The molecule has 2 rings (SSSR count). The topological polar surface area (TPSA) is 21.3 Å². The van der Waals surface area contributed by atoms with Gasteiger partial charge in [-0.15, -0.1) is 0 Å². The summed E-state index contributed by atoms with van der Waals surface area (Å²) in [6.45, 7) is 1.21. The van der Waals surface area contributed by atoms with Gasteiger partial charge in [0.2, 0.25) is 0 Å². The predicted molar refractivity (Wildman–Crippen MR) is 69.9 cm³/mol. The van der Waals surface area contributed by atoms with Crippen molar-refractivity contribution in [2.24, 2.45) is 0 Å². The van der Waals surface area contributed by atoms with Crippen LogP contribution >= 0.6 is 0 Å². The average Bonchev–Trinajstić information content (AvgIpc) is 2.40. The molecule has 0 aromatic heterocycles. The van der Waals surface area contributed by atoms with Crippen LogP contribution in [0, 0.1) is 5.82 Å². The van der Waals surface area contributed by atoms with E-state index in [9.17, 15) is 4.39 Å². The number of benzene rings is 2. The lowest BCUT2D eigenvalue weighted by molar-refractivity contribution is -0.00000465. The minimum absolute atomic E-state index is 0. The van der Waals surface area contributed by atoms with Crippen molar-refractivity contribution in [2.75, 3.05) is 7.05 Å². The zero-order valence-corrected chi connectivity index (χ0v) is 11.5. The van der Waals surface area contributed by atoms with Crippen LogP contribution < -0.4 is 22.5 Å². The van der Waals surface area contributed by atoms with Gasteiger partial charge in [-0.2, -0.15) is 0 Å². The Hall–Kier alpha value is -1.58. The fourth-order valence-corrected chi connectivity index (χ4v) is 1.72. The number of hydrogen-bond donors (Lipinski definition) is 1. The molecule has 0 aliphatic carbocycles. The van der Waals surface area contributed by atoms with Crippen LogP contribution in [0.15, 0.2) is 48.5 Å². The van der Waals surface area contributed by atoms with Crippen molar-refractivity contribution in [2.45, 2.75) is 13.2 Å². The molecule has 102 valence electrons. The summed E-state index contributed by atoms with van der Waals surface area (Å²) in [6.07, 6.45) is 0. The summed E-state index contributed by atoms with van der Waals surface area (Å²) in [7, 11) is 1.90. The van der Waals surface area contributed by atoms with Crippen LogP contribution in [0.3, 0.4) is 0 Å². The molecule has 0 aliphatic rings. The van der Waals surface area contributed by atoms with E-state index in [-0.39, 0.29) is 18.2 Å². The Kier molecular flexibility index (Phi) is 6.33. The Morgan fingerprint density at radius 2 is 1.74 bits per heavy atom. The van der Waals surface area contributed by atoms with Gasteiger partial charge in [0, 0.05) is 12.1 Å². The largest absolute Gasteiger partial charge is 1.00 e. The van der Waals surface area contributed by atoms with Crippen molar-refractivity contribution in [3.8, 4) is 5.75 Å². The second-order valence-electron chi connectivity index (χ2n) is 4.05. The second kappa shape index (κ2) is 7.77. The molecule has 0 bridgehead atoms. The molecular formula is C15H16ClFNO-. The van der Waals surface area contributed by atoms with E-state index < -0.39 is 0 Å². The molecule has 0 heterocycles. The lowest BCUT2D eigenvalue weighted by Gasteiger charge is -2.11. The van der Waals surface area contributed by atoms with Gasteiger partial charge in [-0.1, -0.05) is 30.3 Å². The van der Waals surface area contributed by atoms with Crippen molar-refractivity contribution in [3.63, 3.8) is 0 Å². The fraction of sp³-hybridized carbons (Fsp3) is 0.200. The lowest BCUT2D eigenvalue weighted by Crippen LogP contribution is -3.00. The van der Waals surface area contributed by atoms with Crippen molar-refractivity contribution < 1.29 is 21.5 Å². The van der Waals surface area contributed by atoms with E-state index in [2.05, 4.69) is 5.32 Å². The fourth-order valence-electron chi connectivity index (χ4n) is 1.72. The van der Waals surface area contributed by atoms with E-state index in [1.807, 2.05) is 31.3 Å². The monoisotopic (exact) mass is 280 g/mol. The average molecular weight is 281 g/mol. The zero-order valence-electron chi connectivity index (χ0n) is 10.7. The van der Waals surface area contributed by atoms with Crippen molar-refractivity contribution >= 4 is 0 Å². The summed E-state index contributed by atoms with van der Waals surface area (Å²) in [5.74, 6) is 0.630. The molecule has 19 heavy (non-hydrogen) atoms. The van der Waals surface area contributed by atoms with Crippen molar-refractivity contribution in [1.82, 2.24) is 5.32 Å². The first-order valence-electron chi connectivity index (χ1n) is 5.89. The van der Waals surface area contributed by atoms with E-state index in [1.165, 1.54) is 12.1 Å². The molecule has 2 nitrogen and oxygen atoms in total. The molecule has 2 aromatic carbocycles. The summed E-state index contributed by atoms with van der Waals surface area (Å²) >= 11 is 0. The van der Waals surface area contributed by atoms with E-state index >= 15 is 0 Å². The number of hydrogen-bond acceptors (Lipinski definition) is 2. The summed E-state index contributed by atoms with van der Waals surface area (Å²) in [6, 6.07) is 14.2. The Morgan fingerprint density at radius 1 is 1.05 bits per heavy atom. The van der Waals surface area contributed by atoms with Gasteiger partial charge in [-0.25, -0.2) is 4.39 Å². The lowest BCUT2D eigenvalue weighted by atomic mass is 10.2. The highest BCUT2D eigenvalue weighted by molar-refractivity contribution is 5.33. The predicted octanol–water partition coefficient (Wildman–Crippen LogP) is 0.128. The van der Waals surface area contributed by atoms with E-state index in [1.54, 1.807) is 12.1 Å². The van der Waals surface area contributed by atoms with Crippen LogP contribution in [0.25, 0.3) is 0 Å². The highest BCUT2D eigenvalue weighted by Crippen LogP contribution is 2.19. The van der Waals surface area contributed by atoms with E-state index in [4.69, 9.17) is 4.74 Å². The standard InChI is InChI=1S/C15H16FNO.ClH/c1-17-10-13-4-2-3-5-15(13)18-11-12-6-8-14(16)9-7-12;/h2-9,17H,10-11H2,1H3;1H/p-1. The Morgan fingerprint density at radius 3 is 2.42 bits per heavy atom. The summed E-state index contributed by atoms with van der Waals surface area (Å²) in [5.41, 5.74) is 2.07. The maximum Gasteiger partial charge on any atom is 0.124 e. The molecule has 0 saturated heterocycles. The van der Waals surface area contributed by atoms with Crippen LogP contribution in [0.5, 0.6) is 5.75 Å². The normalized spacial score (nSPS) is 9.79. The molecule has 0 spiro atoms. The number of nitrogens with one attached hydrogen (secondary N) is 1. The van der Waals surface area contributed by atoms with Crippen molar-refractivity contribution in [1.29, 1.82) is 0 Å². The smallest absolute Gasteiger partial charge is 0.124 e. The maximum atomic E-state index is 12.8. The summed E-state index contributed by atoms with van der Waals surface area (Å²) in [4.78, 5) is 0. The quantitative estimate of drug-likeness (QED) is 0.841. The molecule has 0 saturated carbocycles. The van der Waals surface area contributed by atoms with E-state index in [0.29, 0.717) is 6.61 Å². The van der Waals surface area contributed by atoms with Crippen LogP contribution in [-0.4, -0.2) is 7.05 Å². The first-order chi connectivity index (χ1) is 8.79. The van der Waals surface area contributed by atoms with Crippen molar-refractivity contribution in [3.05, 3.63) is 65.5 Å². The number of para-hydroxylation sites is 1. The molecule has 4 heteroatoms. The maximum absolute atomic E-state index is 12.8. The highest BCUT2D eigenvalue weighted by atomic mass is 35.5. The van der Waals surface area contributed by atoms with Crippen LogP contribution in [0.1, 0.15) is 11.1 Å². The Labute approximate surface area is 119 Å². The molecule has 0 radical (unpaired) electrons. The van der Waals surface area contributed by atoms with Crippen LogP contribution in [0.2, 0.25) is 0 Å². The third-order valence-corrected chi connectivity index (χ3v) is 2.65. The molecule has 0 aliphatic heterocycles. The molecular weight excluding hydrogens is 265 g/mol. The first kappa shape index (κ1) is 15.5. The molecule has 0 atom stereocenters. The number of halogens is 2.